The molecule has 0 radical (unpaired) electrons. The third-order valence-electron chi connectivity index (χ3n) is 4.41. The van der Waals surface area contributed by atoms with Crippen LogP contribution in [0.15, 0.2) is 75.2 Å². The molecule has 3 rings (SSSR count). The smallest absolute Gasteiger partial charge is 0.335 e. The van der Waals surface area contributed by atoms with E-state index < -0.39 is 11.9 Å². The van der Waals surface area contributed by atoms with E-state index >= 15 is 0 Å². The minimum Gasteiger partial charge on any atom is -0.508 e. The first-order valence-electron chi connectivity index (χ1n) is 9.43. The zero-order chi connectivity index (χ0) is 24.0. The van der Waals surface area contributed by atoms with Crippen molar-refractivity contribution in [1.82, 2.24) is 0 Å². The van der Waals surface area contributed by atoms with Crippen molar-refractivity contribution in [3.05, 3.63) is 91.9 Å². The molecular formula is C24H16Br2N2O5. The molecule has 0 saturated heterocycles. The molecule has 7 nitrogen and oxygen atoms in total. The molecular weight excluding hydrogens is 556 g/mol. The number of carboxylic acid groups (broad SMARTS) is 1. The Morgan fingerprint density at radius 1 is 1.03 bits per heavy atom. The molecule has 0 aliphatic carbocycles. The zero-order valence-electron chi connectivity index (χ0n) is 16.9. The molecule has 1 amide bonds. The Balaban J connectivity index is 1.74. The van der Waals surface area contributed by atoms with E-state index in [0.29, 0.717) is 25.9 Å². The number of aromatic carboxylic acids is 1. The van der Waals surface area contributed by atoms with Gasteiger partial charge < -0.3 is 20.3 Å². The van der Waals surface area contributed by atoms with Crippen LogP contribution < -0.4 is 10.1 Å². The second-order valence-electron chi connectivity index (χ2n) is 6.78. The molecule has 0 bridgehead atoms. The maximum atomic E-state index is 12.4. The molecule has 9 heteroatoms. The fraction of sp³-hybridized carbons (Fsp3) is 0.0417. The van der Waals surface area contributed by atoms with Crippen molar-refractivity contribution in [2.45, 2.75) is 6.61 Å². The molecule has 0 saturated carbocycles. The number of aromatic hydroxyl groups is 1. The molecule has 0 aliphatic heterocycles. The van der Waals surface area contributed by atoms with Gasteiger partial charge in [-0.1, -0.05) is 12.1 Å². The minimum atomic E-state index is -0.995. The lowest BCUT2D eigenvalue weighted by Gasteiger charge is -2.12. The van der Waals surface area contributed by atoms with Crippen LogP contribution in [-0.4, -0.2) is 22.1 Å². The first-order chi connectivity index (χ1) is 15.8. The van der Waals surface area contributed by atoms with Gasteiger partial charge in [-0.25, -0.2) is 4.79 Å². The molecule has 0 heterocycles. The van der Waals surface area contributed by atoms with Crippen molar-refractivity contribution >= 4 is 55.5 Å². The Morgan fingerprint density at radius 3 is 2.18 bits per heavy atom. The number of nitrogens with one attached hydrogen (secondary N) is 1. The summed E-state index contributed by atoms with van der Waals surface area (Å²) >= 11 is 6.89. The second kappa shape index (κ2) is 10.8. The number of rotatable bonds is 7. The van der Waals surface area contributed by atoms with Crippen LogP contribution in [0.5, 0.6) is 11.5 Å². The van der Waals surface area contributed by atoms with E-state index in [-0.39, 0.29) is 23.5 Å². The van der Waals surface area contributed by atoms with Gasteiger partial charge in [0.1, 0.15) is 29.7 Å². The first kappa shape index (κ1) is 24.0. The number of nitriles is 1. The van der Waals surface area contributed by atoms with Crippen molar-refractivity contribution in [3.8, 4) is 17.6 Å². The average molecular weight is 572 g/mol. The van der Waals surface area contributed by atoms with Crippen molar-refractivity contribution in [2.75, 3.05) is 5.32 Å². The molecule has 3 N–H and O–H groups in total. The number of benzene rings is 3. The lowest BCUT2D eigenvalue weighted by Crippen LogP contribution is -2.13. The van der Waals surface area contributed by atoms with E-state index in [4.69, 9.17) is 9.84 Å². The van der Waals surface area contributed by atoms with Gasteiger partial charge in [-0.2, -0.15) is 5.26 Å². The maximum Gasteiger partial charge on any atom is 0.335 e. The van der Waals surface area contributed by atoms with E-state index in [2.05, 4.69) is 37.2 Å². The Hall–Kier alpha value is -3.61. The number of carboxylic acids is 1. The van der Waals surface area contributed by atoms with Gasteiger partial charge in [0.15, 0.2) is 0 Å². The molecule has 0 atom stereocenters. The zero-order valence-corrected chi connectivity index (χ0v) is 20.1. The van der Waals surface area contributed by atoms with Crippen LogP contribution >= 0.6 is 31.9 Å². The number of hydrogen-bond acceptors (Lipinski definition) is 5. The molecule has 3 aromatic rings. The number of phenolic OH excluding ortho intramolecular Hbond substituents is 1. The van der Waals surface area contributed by atoms with Crippen molar-refractivity contribution in [2.24, 2.45) is 0 Å². The molecule has 166 valence electrons. The molecule has 0 unspecified atom stereocenters. The monoisotopic (exact) mass is 570 g/mol. The van der Waals surface area contributed by atoms with Gasteiger partial charge in [0.05, 0.1) is 14.5 Å². The van der Waals surface area contributed by atoms with E-state index in [0.717, 1.165) is 5.56 Å². The number of carbonyl (C=O) groups is 2. The van der Waals surface area contributed by atoms with Crippen LogP contribution in [0.4, 0.5) is 5.69 Å². The number of amides is 1. The number of phenols is 1. The van der Waals surface area contributed by atoms with E-state index in [1.807, 2.05) is 6.07 Å². The largest absolute Gasteiger partial charge is 0.508 e. The quantitative estimate of drug-likeness (QED) is 0.189. The van der Waals surface area contributed by atoms with Crippen LogP contribution in [0.2, 0.25) is 0 Å². The van der Waals surface area contributed by atoms with Crippen LogP contribution in [0, 0.1) is 11.3 Å². The Bertz CT molecular complexity index is 1240. The predicted molar refractivity (Wildman–Crippen MR) is 130 cm³/mol. The number of hydrogen-bond donors (Lipinski definition) is 3. The number of ether oxygens (including phenoxy) is 1. The fourth-order valence-corrected chi connectivity index (χ4v) is 4.21. The number of anilines is 1. The third-order valence-corrected chi connectivity index (χ3v) is 5.58. The van der Waals surface area contributed by atoms with Gasteiger partial charge in [-0.05, 0) is 97.6 Å². The number of nitrogens with zero attached hydrogens (tertiary/aromatic N) is 1. The molecule has 0 aromatic heterocycles. The summed E-state index contributed by atoms with van der Waals surface area (Å²) < 4.78 is 7.05. The average Bonchev–Trinajstić information content (AvgIpc) is 2.78. The Morgan fingerprint density at radius 2 is 1.64 bits per heavy atom. The van der Waals surface area contributed by atoms with Gasteiger partial charge in [0.25, 0.3) is 5.91 Å². The van der Waals surface area contributed by atoms with Crippen molar-refractivity contribution < 1.29 is 24.5 Å². The topological polar surface area (TPSA) is 120 Å². The molecule has 0 aliphatic rings. The third kappa shape index (κ3) is 6.44. The summed E-state index contributed by atoms with van der Waals surface area (Å²) in [4.78, 5) is 23.4. The van der Waals surface area contributed by atoms with E-state index in [1.54, 1.807) is 24.3 Å². The summed E-state index contributed by atoms with van der Waals surface area (Å²) in [7, 11) is 0. The summed E-state index contributed by atoms with van der Waals surface area (Å²) in [5, 5.41) is 30.3. The van der Waals surface area contributed by atoms with Crippen LogP contribution in [0.25, 0.3) is 6.08 Å². The normalized spacial score (nSPS) is 10.9. The lowest BCUT2D eigenvalue weighted by molar-refractivity contribution is -0.112. The predicted octanol–water partition coefficient (Wildman–Crippen LogP) is 5.74. The van der Waals surface area contributed by atoms with Crippen LogP contribution in [-0.2, 0) is 11.4 Å². The maximum absolute atomic E-state index is 12.4. The second-order valence-corrected chi connectivity index (χ2v) is 8.48. The minimum absolute atomic E-state index is 0.0679. The number of carbonyl (C=O) groups excluding carboxylic acids is 1. The van der Waals surface area contributed by atoms with E-state index in [1.165, 1.54) is 42.5 Å². The highest BCUT2D eigenvalue weighted by molar-refractivity contribution is 9.11. The highest BCUT2D eigenvalue weighted by Crippen LogP contribution is 2.36. The first-order valence-corrected chi connectivity index (χ1v) is 11.0. The van der Waals surface area contributed by atoms with Gasteiger partial charge in [0, 0.05) is 5.69 Å². The highest BCUT2D eigenvalue weighted by atomic mass is 79.9. The highest BCUT2D eigenvalue weighted by Gasteiger charge is 2.13. The summed E-state index contributed by atoms with van der Waals surface area (Å²) in [6, 6.07) is 17.6. The summed E-state index contributed by atoms with van der Waals surface area (Å²) in [6.07, 6.45) is 1.44. The van der Waals surface area contributed by atoms with E-state index in [9.17, 15) is 20.0 Å². The Labute approximate surface area is 206 Å². The van der Waals surface area contributed by atoms with Gasteiger partial charge in [-0.15, -0.1) is 0 Å². The van der Waals surface area contributed by atoms with Crippen LogP contribution in [0.3, 0.4) is 0 Å². The fourth-order valence-electron chi connectivity index (χ4n) is 2.76. The van der Waals surface area contributed by atoms with Crippen LogP contribution in [0.1, 0.15) is 21.5 Å². The van der Waals surface area contributed by atoms with Gasteiger partial charge in [0.2, 0.25) is 0 Å². The molecule has 0 fully saturated rings. The van der Waals surface area contributed by atoms with Gasteiger partial charge in [-0.3, -0.25) is 4.79 Å². The summed E-state index contributed by atoms with van der Waals surface area (Å²) in [6.45, 7) is 0.213. The SMILES string of the molecule is N#C/C(=C\c1cc(Br)c(OCc2ccc(C(=O)O)cc2)c(Br)c1)C(=O)Nc1ccc(O)cc1. The summed E-state index contributed by atoms with van der Waals surface area (Å²) in [5.74, 6) is -0.995. The number of halogens is 2. The standard InChI is InChI=1S/C24H16Br2N2O5/c25-20-10-15(9-17(12-27)23(30)28-18-5-7-19(29)8-6-18)11-21(26)22(20)33-13-14-1-3-16(4-2-14)24(31)32/h1-11,29H,13H2,(H,28,30)(H,31,32)/b17-9+. The Kier molecular flexibility index (Phi) is 7.87. The molecule has 3 aromatic carbocycles. The lowest BCUT2D eigenvalue weighted by atomic mass is 10.1. The van der Waals surface area contributed by atoms with Gasteiger partial charge >= 0.3 is 5.97 Å². The van der Waals surface area contributed by atoms with Crippen molar-refractivity contribution in [3.63, 3.8) is 0 Å². The molecule has 33 heavy (non-hydrogen) atoms. The van der Waals surface area contributed by atoms with Crippen molar-refractivity contribution in [1.29, 1.82) is 5.26 Å². The molecule has 0 spiro atoms. The summed E-state index contributed by atoms with van der Waals surface area (Å²) in [5.41, 5.74) is 1.92.